The smallest absolute Gasteiger partial charge is 0.255 e. The van der Waals surface area contributed by atoms with Crippen LogP contribution in [0.25, 0.3) is 0 Å². The van der Waals surface area contributed by atoms with Gasteiger partial charge in [0.05, 0.1) is 15.7 Å². The van der Waals surface area contributed by atoms with E-state index in [0.29, 0.717) is 21.3 Å². The largest absolute Gasteiger partial charge is 0.319 e. The van der Waals surface area contributed by atoms with Gasteiger partial charge in [-0.15, -0.1) is 0 Å². The number of hydrogen-bond donors (Lipinski definition) is 1. The molecule has 0 atom stereocenters. The number of benzene rings is 1. The molecule has 1 aromatic carbocycles. The van der Waals surface area contributed by atoms with Crippen molar-refractivity contribution < 1.29 is 4.79 Å². The Morgan fingerprint density at radius 3 is 2.63 bits per heavy atom. The standard InChI is InChI=1S/C13H9Cl3N2O/c1-7-2-3-9(14)12(11(7)16)18-13(19)8-4-5-17-10(15)6-8/h2-6H,1H3,(H,18,19). The van der Waals surface area contributed by atoms with Crippen LogP contribution in [0.15, 0.2) is 30.5 Å². The molecule has 6 heteroatoms. The summed E-state index contributed by atoms with van der Waals surface area (Å²) < 4.78 is 0. The quantitative estimate of drug-likeness (QED) is 0.823. The minimum atomic E-state index is -0.348. The molecule has 0 aliphatic rings. The van der Waals surface area contributed by atoms with Crippen molar-refractivity contribution >= 4 is 46.4 Å². The molecular weight excluding hydrogens is 307 g/mol. The fourth-order valence-corrected chi connectivity index (χ4v) is 2.14. The number of carbonyl (C=O) groups is 1. The lowest BCUT2D eigenvalue weighted by Gasteiger charge is -2.11. The molecule has 0 aliphatic carbocycles. The van der Waals surface area contributed by atoms with E-state index in [-0.39, 0.29) is 11.1 Å². The topological polar surface area (TPSA) is 42.0 Å². The number of amides is 1. The zero-order valence-electron chi connectivity index (χ0n) is 9.88. The van der Waals surface area contributed by atoms with Gasteiger partial charge in [-0.25, -0.2) is 4.98 Å². The first-order valence-electron chi connectivity index (χ1n) is 5.36. The van der Waals surface area contributed by atoms with Crippen molar-refractivity contribution in [1.82, 2.24) is 4.98 Å². The Morgan fingerprint density at radius 1 is 1.21 bits per heavy atom. The normalized spacial score (nSPS) is 10.3. The lowest BCUT2D eigenvalue weighted by atomic mass is 10.2. The molecular formula is C13H9Cl3N2O. The predicted octanol–water partition coefficient (Wildman–Crippen LogP) is 4.60. The third kappa shape index (κ3) is 3.18. The summed E-state index contributed by atoms with van der Waals surface area (Å²) in [5.41, 5.74) is 1.60. The van der Waals surface area contributed by atoms with Crippen molar-refractivity contribution in [2.75, 3.05) is 5.32 Å². The first kappa shape index (κ1) is 14.1. The zero-order chi connectivity index (χ0) is 14.0. The second-order valence-electron chi connectivity index (χ2n) is 3.87. The Morgan fingerprint density at radius 2 is 1.95 bits per heavy atom. The number of aromatic nitrogens is 1. The molecule has 2 aromatic rings. The summed E-state index contributed by atoms with van der Waals surface area (Å²) in [5.74, 6) is -0.348. The Bertz CT molecular complexity index is 644. The van der Waals surface area contributed by atoms with Crippen LogP contribution in [-0.4, -0.2) is 10.9 Å². The number of anilines is 1. The van der Waals surface area contributed by atoms with Gasteiger partial charge in [0, 0.05) is 11.8 Å². The Hall–Kier alpha value is -1.29. The van der Waals surface area contributed by atoms with E-state index in [2.05, 4.69) is 10.3 Å². The molecule has 0 radical (unpaired) electrons. The molecule has 98 valence electrons. The van der Waals surface area contributed by atoms with Crippen molar-refractivity contribution in [3.63, 3.8) is 0 Å². The van der Waals surface area contributed by atoms with Gasteiger partial charge in [-0.3, -0.25) is 4.79 Å². The lowest BCUT2D eigenvalue weighted by Crippen LogP contribution is -2.13. The molecule has 1 heterocycles. The highest BCUT2D eigenvalue weighted by Gasteiger charge is 2.13. The van der Waals surface area contributed by atoms with Gasteiger partial charge in [-0.2, -0.15) is 0 Å². The van der Waals surface area contributed by atoms with Gasteiger partial charge in [0.25, 0.3) is 5.91 Å². The fourth-order valence-electron chi connectivity index (χ4n) is 1.50. The number of nitrogens with zero attached hydrogens (tertiary/aromatic N) is 1. The molecule has 2 rings (SSSR count). The summed E-state index contributed by atoms with van der Waals surface area (Å²) in [6, 6.07) is 6.48. The van der Waals surface area contributed by atoms with Gasteiger partial charge >= 0.3 is 0 Å². The molecule has 1 N–H and O–H groups in total. The van der Waals surface area contributed by atoms with E-state index in [1.807, 2.05) is 6.92 Å². The lowest BCUT2D eigenvalue weighted by molar-refractivity contribution is 0.102. The van der Waals surface area contributed by atoms with Crippen LogP contribution >= 0.6 is 34.8 Å². The maximum absolute atomic E-state index is 12.1. The van der Waals surface area contributed by atoms with Crippen molar-refractivity contribution in [2.45, 2.75) is 6.92 Å². The first-order chi connectivity index (χ1) is 8.99. The third-order valence-electron chi connectivity index (χ3n) is 2.51. The number of rotatable bonds is 2. The average Bonchev–Trinajstić information content (AvgIpc) is 2.39. The Balaban J connectivity index is 2.32. The van der Waals surface area contributed by atoms with Crippen molar-refractivity contribution in [1.29, 1.82) is 0 Å². The Kier molecular flexibility index (Phi) is 4.30. The van der Waals surface area contributed by atoms with Gasteiger partial charge in [0.2, 0.25) is 0 Å². The first-order valence-corrected chi connectivity index (χ1v) is 6.50. The summed E-state index contributed by atoms with van der Waals surface area (Å²) in [4.78, 5) is 15.9. The maximum Gasteiger partial charge on any atom is 0.255 e. The van der Waals surface area contributed by atoms with E-state index >= 15 is 0 Å². The van der Waals surface area contributed by atoms with Crippen LogP contribution in [0.4, 0.5) is 5.69 Å². The second kappa shape index (κ2) is 5.78. The van der Waals surface area contributed by atoms with E-state index in [9.17, 15) is 4.79 Å². The molecule has 0 unspecified atom stereocenters. The summed E-state index contributed by atoms with van der Waals surface area (Å²) in [6.07, 6.45) is 1.46. The van der Waals surface area contributed by atoms with Crippen molar-refractivity contribution in [3.05, 3.63) is 56.8 Å². The van der Waals surface area contributed by atoms with Crippen molar-refractivity contribution in [3.8, 4) is 0 Å². The van der Waals surface area contributed by atoms with Crippen molar-refractivity contribution in [2.24, 2.45) is 0 Å². The number of carbonyl (C=O) groups excluding carboxylic acids is 1. The van der Waals surface area contributed by atoms with Gasteiger partial charge in [0.15, 0.2) is 0 Å². The van der Waals surface area contributed by atoms with E-state index in [0.717, 1.165) is 5.56 Å². The van der Waals surface area contributed by atoms with E-state index < -0.39 is 0 Å². The SMILES string of the molecule is Cc1ccc(Cl)c(NC(=O)c2ccnc(Cl)c2)c1Cl. The van der Waals surface area contributed by atoms with Crippen LogP contribution in [0.3, 0.4) is 0 Å². The molecule has 0 saturated carbocycles. The van der Waals surface area contributed by atoms with Crippen LogP contribution in [0.2, 0.25) is 15.2 Å². The predicted molar refractivity (Wildman–Crippen MR) is 78.4 cm³/mol. The fraction of sp³-hybridized carbons (Fsp3) is 0.0769. The summed E-state index contributed by atoms with van der Waals surface area (Å²) in [5, 5.41) is 3.71. The minimum absolute atomic E-state index is 0.245. The molecule has 1 aromatic heterocycles. The average molecular weight is 316 g/mol. The maximum atomic E-state index is 12.1. The van der Waals surface area contributed by atoms with Crippen LogP contribution in [0, 0.1) is 6.92 Å². The highest BCUT2D eigenvalue weighted by atomic mass is 35.5. The summed E-state index contributed by atoms with van der Waals surface area (Å²) in [7, 11) is 0. The number of hydrogen-bond acceptors (Lipinski definition) is 2. The van der Waals surface area contributed by atoms with Crippen LogP contribution < -0.4 is 5.32 Å². The second-order valence-corrected chi connectivity index (χ2v) is 5.05. The monoisotopic (exact) mass is 314 g/mol. The van der Waals surface area contributed by atoms with Gasteiger partial charge in [0.1, 0.15) is 5.15 Å². The minimum Gasteiger partial charge on any atom is -0.319 e. The van der Waals surface area contributed by atoms with E-state index in [1.165, 1.54) is 12.3 Å². The molecule has 0 aliphatic heterocycles. The number of nitrogens with one attached hydrogen (secondary N) is 1. The van der Waals surface area contributed by atoms with E-state index in [1.54, 1.807) is 18.2 Å². The van der Waals surface area contributed by atoms with Crippen LogP contribution in [-0.2, 0) is 0 Å². The molecule has 0 spiro atoms. The molecule has 19 heavy (non-hydrogen) atoms. The summed E-state index contributed by atoms with van der Waals surface area (Å²) in [6.45, 7) is 1.83. The van der Waals surface area contributed by atoms with Crippen LogP contribution in [0.5, 0.6) is 0 Å². The molecule has 3 nitrogen and oxygen atoms in total. The Labute approximate surface area is 125 Å². The number of halogens is 3. The number of aryl methyl sites for hydroxylation is 1. The molecule has 0 bridgehead atoms. The van der Waals surface area contributed by atoms with Gasteiger partial charge in [-0.1, -0.05) is 40.9 Å². The van der Waals surface area contributed by atoms with Gasteiger partial charge < -0.3 is 5.32 Å². The third-order valence-corrected chi connectivity index (χ3v) is 3.52. The molecule has 0 fully saturated rings. The summed E-state index contributed by atoms with van der Waals surface area (Å²) >= 11 is 17.9. The molecule has 1 amide bonds. The zero-order valence-corrected chi connectivity index (χ0v) is 12.1. The van der Waals surface area contributed by atoms with Crippen LogP contribution in [0.1, 0.15) is 15.9 Å². The number of pyridine rings is 1. The van der Waals surface area contributed by atoms with Gasteiger partial charge in [-0.05, 0) is 30.7 Å². The highest BCUT2D eigenvalue weighted by Crippen LogP contribution is 2.33. The van der Waals surface area contributed by atoms with E-state index in [4.69, 9.17) is 34.8 Å². The highest BCUT2D eigenvalue weighted by molar-refractivity contribution is 6.40. The molecule has 0 saturated heterocycles.